The minimum absolute atomic E-state index is 0.0112. The topological polar surface area (TPSA) is 21.3 Å². The van der Waals surface area contributed by atoms with Crippen LogP contribution in [-0.4, -0.2) is 12.1 Å². The van der Waals surface area contributed by atoms with Gasteiger partial charge in [0.2, 0.25) is 0 Å². The third-order valence-corrected chi connectivity index (χ3v) is 5.15. The molecule has 1 aliphatic heterocycles. The Kier molecular flexibility index (Phi) is 5.55. The maximum Gasteiger partial charge on any atom is 0.125 e. The third-order valence-electron chi connectivity index (χ3n) is 5.15. The van der Waals surface area contributed by atoms with Gasteiger partial charge in [0.1, 0.15) is 11.4 Å². The second-order valence-electron chi connectivity index (χ2n) is 7.38. The minimum atomic E-state index is -0.0112. The Labute approximate surface area is 136 Å². The van der Waals surface area contributed by atoms with Gasteiger partial charge >= 0.3 is 0 Å². The largest absolute Gasteiger partial charge is 0.487 e. The smallest absolute Gasteiger partial charge is 0.125 e. The zero-order chi connectivity index (χ0) is 16.3. The lowest BCUT2D eigenvalue weighted by Gasteiger charge is -2.42. The van der Waals surface area contributed by atoms with Crippen molar-refractivity contribution in [1.29, 1.82) is 0 Å². The van der Waals surface area contributed by atoms with E-state index < -0.39 is 0 Å². The molecule has 0 bridgehead atoms. The molecule has 1 heterocycles. The van der Waals surface area contributed by atoms with Crippen LogP contribution in [0.2, 0.25) is 0 Å². The molecule has 22 heavy (non-hydrogen) atoms. The first-order valence-corrected chi connectivity index (χ1v) is 8.94. The quantitative estimate of drug-likeness (QED) is 0.767. The third kappa shape index (κ3) is 3.65. The van der Waals surface area contributed by atoms with E-state index in [1.54, 1.807) is 0 Å². The summed E-state index contributed by atoms with van der Waals surface area (Å²) < 4.78 is 6.50. The SMILES string of the molecule is CCC1(CC)CC(NCCC(C)C)c2c(C)cc(C)cc2O1. The highest BCUT2D eigenvalue weighted by Gasteiger charge is 2.39. The number of hydrogen-bond donors (Lipinski definition) is 1. The molecule has 1 N–H and O–H groups in total. The van der Waals surface area contributed by atoms with Crippen molar-refractivity contribution in [2.45, 2.75) is 78.9 Å². The first-order chi connectivity index (χ1) is 10.4. The van der Waals surface area contributed by atoms with Gasteiger partial charge < -0.3 is 10.1 Å². The van der Waals surface area contributed by atoms with Crippen molar-refractivity contribution < 1.29 is 4.74 Å². The Morgan fingerprint density at radius 1 is 1.23 bits per heavy atom. The van der Waals surface area contributed by atoms with Gasteiger partial charge in [-0.3, -0.25) is 0 Å². The molecule has 0 fully saturated rings. The average Bonchev–Trinajstić information content (AvgIpc) is 2.45. The molecular weight excluding hydrogens is 270 g/mol. The second-order valence-corrected chi connectivity index (χ2v) is 7.38. The molecule has 0 amide bonds. The van der Waals surface area contributed by atoms with E-state index >= 15 is 0 Å². The molecule has 1 aromatic rings. The number of ether oxygens (including phenoxy) is 1. The van der Waals surface area contributed by atoms with Crippen molar-refractivity contribution in [2.24, 2.45) is 5.92 Å². The van der Waals surface area contributed by atoms with E-state index in [9.17, 15) is 0 Å². The molecule has 1 atom stereocenters. The zero-order valence-electron chi connectivity index (χ0n) is 15.3. The lowest BCUT2D eigenvalue weighted by molar-refractivity contribution is 0.0224. The Balaban J connectivity index is 2.31. The molecule has 2 rings (SSSR count). The lowest BCUT2D eigenvalue weighted by Crippen LogP contribution is -2.44. The van der Waals surface area contributed by atoms with Crippen LogP contribution in [-0.2, 0) is 0 Å². The highest BCUT2D eigenvalue weighted by Crippen LogP contribution is 2.44. The van der Waals surface area contributed by atoms with Crippen molar-refractivity contribution >= 4 is 0 Å². The van der Waals surface area contributed by atoms with E-state index in [2.05, 4.69) is 59.0 Å². The molecule has 0 saturated heterocycles. The van der Waals surface area contributed by atoms with Crippen LogP contribution in [0.25, 0.3) is 0 Å². The standard InChI is InChI=1S/C20H33NO/c1-7-20(8-2)13-17(21-10-9-14(3)4)19-16(6)11-15(5)12-18(19)22-20/h11-12,14,17,21H,7-10,13H2,1-6H3. The van der Waals surface area contributed by atoms with Crippen molar-refractivity contribution in [3.05, 3.63) is 28.8 Å². The van der Waals surface area contributed by atoms with Gasteiger partial charge in [-0.05, 0) is 62.8 Å². The number of aryl methyl sites for hydroxylation is 2. The van der Waals surface area contributed by atoms with Crippen LogP contribution in [0.4, 0.5) is 0 Å². The maximum absolute atomic E-state index is 6.50. The maximum atomic E-state index is 6.50. The van der Waals surface area contributed by atoms with Gasteiger partial charge in [0.25, 0.3) is 0 Å². The van der Waals surface area contributed by atoms with Gasteiger partial charge in [0, 0.05) is 18.0 Å². The van der Waals surface area contributed by atoms with Crippen LogP contribution >= 0.6 is 0 Å². The second kappa shape index (κ2) is 7.04. The molecule has 0 saturated carbocycles. The van der Waals surface area contributed by atoms with Gasteiger partial charge in [-0.25, -0.2) is 0 Å². The molecule has 2 nitrogen and oxygen atoms in total. The first-order valence-electron chi connectivity index (χ1n) is 8.94. The number of nitrogens with one attached hydrogen (secondary N) is 1. The summed E-state index contributed by atoms with van der Waals surface area (Å²) in [6.45, 7) is 14.5. The summed E-state index contributed by atoms with van der Waals surface area (Å²) in [7, 11) is 0. The Morgan fingerprint density at radius 3 is 2.50 bits per heavy atom. The minimum Gasteiger partial charge on any atom is -0.487 e. The summed E-state index contributed by atoms with van der Waals surface area (Å²) in [5.41, 5.74) is 4.02. The summed E-state index contributed by atoms with van der Waals surface area (Å²) in [4.78, 5) is 0. The van der Waals surface area contributed by atoms with Gasteiger partial charge in [0.05, 0.1) is 0 Å². The molecule has 1 aromatic carbocycles. The Bertz CT molecular complexity index is 503. The van der Waals surface area contributed by atoms with Crippen LogP contribution in [0.1, 0.15) is 76.1 Å². The fourth-order valence-electron chi connectivity index (χ4n) is 3.62. The highest BCUT2D eigenvalue weighted by molar-refractivity contribution is 5.47. The fraction of sp³-hybridized carbons (Fsp3) is 0.700. The lowest BCUT2D eigenvalue weighted by atomic mass is 9.81. The monoisotopic (exact) mass is 303 g/mol. The van der Waals surface area contributed by atoms with Gasteiger partial charge in [0.15, 0.2) is 0 Å². The van der Waals surface area contributed by atoms with Crippen molar-refractivity contribution in [2.75, 3.05) is 6.54 Å². The van der Waals surface area contributed by atoms with E-state index in [1.165, 1.54) is 23.1 Å². The van der Waals surface area contributed by atoms with E-state index in [0.29, 0.717) is 6.04 Å². The molecule has 0 spiro atoms. The summed E-state index contributed by atoms with van der Waals surface area (Å²) in [6.07, 6.45) is 4.44. The molecule has 0 aromatic heterocycles. The molecule has 2 heteroatoms. The number of hydrogen-bond acceptors (Lipinski definition) is 2. The van der Waals surface area contributed by atoms with Crippen LogP contribution in [0.5, 0.6) is 5.75 Å². The Hall–Kier alpha value is -1.02. The van der Waals surface area contributed by atoms with E-state index in [0.717, 1.165) is 37.5 Å². The highest BCUT2D eigenvalue weighted by atomic mass is 16.5. The fourth-order valence-corrected chi connectivity index (χ4v) is 3.62. The number of benzene rings is 1. The predicted octanol–water partition coefficient (Wildman–Crippen LogP) is 5.32. The normalized spacial score (nSPS) is 19.9. The summed E-state index contributed by atoms with van der Waals surface area (Å²) in [6, 6.07) is 4.92. The summed E-state index contributed by atoms with van der Waals surface area (Å²) in [5, 5.41) is 3.81. The van der Waals surface area contributed by atoms with Crippen molar-refractivity contribution in [3.63, 3.8) is 0 Å². The number of fused-ring (bicyclic) bond motifs is 1. The molecule has 0 aliphatic carbocycles. The van der Waals surface area contributed by atoms with Crippen molar-refractivity contribution in [1.82, 2.24) is 5.32 Å². The zero-order valence-corrected chi connectivity index (χ0v) is 15.3. The molecule has 1 aliphatic rings. The van der Waals surface area contributed by atoms with E-state index in [1.807, 2.05) is 0 Å². The predicted molar refractivity (Wildman–Crippen MR) is 94.7 cm³/mol. The molecule has 124 valence electrons. The van der Waals surface area contributed by atoms with Crippen molar-refractivity contribution in [3.8, 4) is 5.75 Å². The first kappa shape index (κ1) is 17.3. The van der Waals surface area contributed by atoms with Crippen LogP contribution in [0.3, 0.4) is 0 Å². The molecular formula is C20H33NO. The molecule has 0 radical (unpaired) electrons. The van der Waals surface area contributed by atoms with Gasteiger partial charge in [-0.2, -0.15) is 0 Å². The molecule has 1 unspecified atom stereocenters. The van der Waals surface area contributed by atoms with Crippen LogP contribution in [0.15, 0.2) is 12.1 Å². The van der Waals surface area contributed by atoms with Gasteiger partial charge in [-0.15, -0.1) is 0 Å². The van der Waals surface area contributed by atoms with Gasteiger partial charge in [-0.1, -0.05) is 33.8 Å². The average molecular weight is 303 g/mol. The van der Waals surface area contributed by atoms with E-state index in [-0.39, 0.29) is 5.60 Å². The summed E-state index contributed by atoms with van der Waals surface area (Å²) in [5.74, 6) is 1.85. The van der Waals surface area contributed by atoms with E-state index in [4.69, 9.17) is 4.74 Å². The summed E-state index contributed by atoms with van der Waals surface area (Å²) >= 11 is 0. The Morgan fingerprint density at radius 2 is 1.91 bits per heavy atom. The van der Waals surface area contributed by atoms with Crippen LogP contribution < -0.4 is 10.1 Å². The van der Waals surface area contributed by atoms with Crippen LogP contribution in [0, 0.1) is 19.8 Å². The number of rotatable bonds is 6.